The largest absolute Gasteiger partial charge is 0.324 e. The Bertz CT molecular complexity index is 314. The monoisotopic (exact) mass is 295 g/mol. The van der Waals surface area contributed by atoms with Crippen molar-refractivity contribution in [3.05, 3.63) is 32.4 Å². The van der Waals surface area contributed by atoms with E-state index in [-0.39, 0.29) is 12.3 Å². The van der Waals surface area contributed by atoms with Crippen LogP contribution >= 0.6 is 34.2 Å². The van der Waals surface area contributed by atoms with Crippen molar-refractivity contribution in [2.24, 2.45) is 5.73 Å². The van der Waals surface area contributed by atoms with Crippen molar-refractivity contribution >= 4 is 40.0 Å². The highest BCUT2D eigenvalue weighted by Gasteiger charge is 2.04. The number of Topliss-reactive ketones (excluding diaryl/α,β-unsaturated/α-hetero) is 1. The normalized spacial score (nSPS) is 9.92. The lowest BCUT2D eigenvalue weighted by Gasteiger charge is -1.99. The van der Waals surface area contributed by atoms with Crippen LogP contribution in [0.2, 0.25) is 5.02 Å². The van der Waals surface area contributed by atoms with Crippen LogP contribution in [0.1, 0.15) is 10.4 Å². The van der Waals surface area contributed by atoms with Gasteiger partial charge in [-0.25, -0.2) is 0 Å². The molecule has 0 spiro atoms. The molecule has 0 fully saturated rings. The summed E-state index contributed by atoms with van der Waals surface area (Å²) in [5, 5.41) is 0.593. The first-order chi connectivity index (χ1) is 5.65. The second-order valence-electron chi connectivity index (χ2n) is 2.26. The smallest absolute Gasteiger partial charge is 0.176 e. The standard InChI is InChI=1S/C8H7ClINO/c9-6-3-5(8(12)4-11)1-2-7(6)10/h1-3H,4,11H2. The molecule has 1 aromatic rings. The lowest BCUT2D eigenvalue weighted by atomic mass is 10.1. The number of nitrogens with two attached hydrogens (primary N) is 1. The molecular formula is C8H7ClINO. The van der Waals surface area contributed by atoms with E-state index in [0.29, 0.717) is 10.6 Å². The molecule has 1 aromatic carbocycles. The van der Waals surface area contributed by atoms with Crippen molar-refractivity contribution in [1.29, 1.82) is 0 Å². The molecule has 0 aliphatic carbocycles. The van der Waals surface area contributed by atoms with Crippen molar-refractivity contribution in [2.75, 3.05) is 6.54 Å². The SMILES string of the molecule is NCC(=O)c1ccc(I)c(Cl)c1. The van der Waals surface area contributed by atoms with Crippen molar-refractivity contribution in [3.8, 4) is 0 Å². The maximum Gasteiger partial charge on any atom is 0.176 e. The van der Waals surface area contributed by atoms with Gasteiger partial charge in [0.15, 0.2) is 5.78 Å². The number of hydrogen-bond acceptors (Lipinski definition) is 2. The average molecular weight is 296 g/mol. The van der Waals surface area contributed by atoms with E-state index in [9.17, 15) is 4.79 Å². The van der Waals surface area contributed by atoms with Crippen LogP contribution < -0.4 is 5.73 Å². The van der Waals surface area contributed by atoms with E-state index in [1.54, 1.807) is 18.2 Å². The summed E-state index contributed by atoms with van der Waals surface area (Å²) in [4.78, 5) is 11.1. The maximum absolute atomic E-state index is 11.1. The summed E-state index contributed by atoms with van der Waals surface area (Å²) in [5.41, 5.74) is 5.77. The van der Waals surface area contributed by atoms with Gasteiger partial charge in [-0.15, -0.1) is 0 Å². The number of hydrogen-bond donors (Lipinski definition) is 1. The first kappa shape index (κ1) is 9.95. The van der Waals surface area contributed by atoms with Crippen LogP contribution in [0.15, 0.2) is 18.2 Å². The Kier molecular flexibility index (Phi) is 3.49. The van der Waals surface area contributed by atoms with Crippen molar-refractivity contribution < 1.29 is 4.79 Å². The Labute approximate surface area is 89.2 Å². The number of halogens is 2. The molecule has 0 aromatic heterocycles. The first-order valence-corrected chi connectivity index (χ1v) is 4.79. The van der Waals surface area contributed by atoms with Crippen molar-refractivity contribution in [3.63, 3.8) is 0 Å². The molecular weight excluding hydrogens is 288 g/mol. The lowest BCUT2D eigenvalue weighted by molar-refractivity contribution is 0.100. The Morgan fingerprint density at radius 2 is 2.25 bits per heavy atom. The second-order valence-corrected chi connectivity index (χ2v) is 3.83. The highest BCUT2D eigenvalue weighted by Crippen LogP contribution is 2.19. The van der Waals surface area contributed by atoms with Gasteiger partial charge in [0.05, 0.1) is 11.6 Å². The Morgan fingerprint density at radius 3 is 2.75 bits per heavy atom. The molecule has 0 aliphatic heterocycles. The van der Waals surface area contributed by atoms with E-state index in [0.717, 1.165) is 3.57 Å². The van der Waals surface area contributed by atoms with Gasteiger partial charge in [0.25, 0.3) is 0 Å². The van der Waals surface area contributed by atoms with Crippen LogP contribution in [0.5, 0.6) is 0 Å². The molecule has 0 amide bonds. The third-order valence-corrected chi connectivity index (χ3v) is 3.00. The Morgan fingerprint density at radius 1 is 1.58 bits per heavy atom. The summed E-state index contributed by atoms with van der Waals surface area (Å²) in [6, 6.07) is 5.16. The first-order valence-electron chi connectivity index (χ1n) is 3.33. The van der Waals surface area contributed by atoms with Crippen LogP contribution in [0.3, 0.4) is 0 Å². The number of carbonyl (C=O) groups excluding carboxylic acids is 1. The van der Waals surface area contributed by atoms with Crippen LogP contribution in [0.25, 0.3) is 0 Å². The van der Waals surface area contributed by atoms with E-state index in [2.05, 4.69) is 22.6 Å². The van der Waals surface area contributed by atoms with Crippen LogP contribution in [-0.4, -0.2) is 12.3 Å². The molecule has 0 aliphatic rings. The fourth-order valence-corrected chi connectivity index (χ4v) is 1.30. The summed E-state index contributed by atoms with van der Waals surface area (Å²) < 4.78 is 0.933. The Balaban J connectivity index is 3.05. The minimum Gasteiger partial charge on any atom is -0.324 e. The lowest BCUT2D eigenvalue weighted by Crippen LogP contribution is -2.13. The van der Waals surface area contributed by atoms with Gasteiger partial charge >= 0.3 is 0 Å². The van der Waals surface area contributed by atoms with Crippen LogP contribution in [0, 0.1) is 3.57 Å². The van der Waals surface area contributed by atoms with Gasteiger partial charge in [-0.3, -0.25) is 4.79 Å². The minimum atomic E-state index is -0.0895. The highest BCUT2D eigenvalue weighted by atomic mass is 127. The van der Waals surface area contributed by atoms with E-state index >= 15 is 0 Å². The summed E-state index contributed by atoms with van der Waals surface area (Å²) >= 11 is 7.92. The number of carbonyl (C=O) groups is 1. The molecule has 0 radical (unpaired) electrons. The molecule has 1 rings (SSSR count). The topological polar surface area (TPSA) is 43.1 Å². The Hall–Kier alpha value is -0.130. The van der Waals surface area contributed by atoms with Crippen molar-refractivity contribution in [2.45, 2.75) is 0 Å². The molecule has 0 saturated heterocycles. The average Bonchev–Trinajstić information content (AvgIpc) is 2.08. The van der Waals surface area contributed by atoms with Gasteiger partial charge in [-0.2, -0.15) is 0 Å². The quantitative estimate of drug-likeness (QED) is 0.670. The molecule has 2 nitrogen and oxygen atoms in total. The zero-order chi connectivity index (χ0) is 9.14. The highest BCUT2D eigenvalue weighted by molar-refractivity contribution is 14.1. The van der Waals surface area contributed by atoms with E-state index < -0.39 is 0 Å². The molecule has 0 atom stereocenters. The predicted octanol–water partition coefficient (Wildman–Crippen LogP) is 2.09. The molecule has 0 unspecified atom stereocenters. The number of ketones is 1. The fourth-order valence-electron chi connectivity index (χ4n) is 0.787. The third-order valence-electron chi connectivity index (χ3n) is 1.43. The number of benzene rings is 1. The summed E-state index contributed by atoms with van der Waals surface area (Å²) in [6.07, 6.45) is 0. The zero-order valence-corrected chi connectivity index (χ0v) is 9.09. The maximum atomic E-state index is 11.1. The van der Waals surface area contributed by atoms with E-state index in [1.807, 2.05) is 0 Å². The van der Waals surface area contributed by atoms with E-state index in [4.69, 9.17) is 17.3 Å². The van der Waals surface area contributed by atoms with Gasteiger partial charge < -0.3 is 5.73 Å². The molecule has 0 heterocycles. The summed E-state index contributed by atoms with van der Waals surface area (Å²) in [6.45, 7) is 0.0247. The fraction of sp³-hybridized carbons (Fsp3) is 0.125. The third kappa shape index (κ3) is 2.18. The van der Waals surface area contributed by atoms with Gasteiger partial charge in [0.2, 0.25) is 0 Å². The molecule has 2 N–H and O–H groups in total. The zero-order valence-electron chi connectivity index (χ0n) is 6.18. The summed E-state index contributed by atoms with van der Waals surface area (Å²) in [7, 11) is 0. The van der Waals surface area contributed by atoms with Gasteiger partial charge in [0.1, 0.15) is 0 Å². The second kappa shape index (κ2) is 4.20. The van der Waals surface area contributed by atoms with E-state index in [1.165, 1.54) is 0 Å². The van der Waals surface area contributed by atoms with Gasteiger partial charge in [-0.1, -0.05) is 17.7 Å². The molecule has 4 heteroatoms. The number of rotatable bonds is 2. The minimum absolute atomic E-state index is 0.0247. The van der Waals surface area contributed by atoms with Crippen LogP contribution in [0.4, 0.5) is 0 Å². The molecule has 12 heavy (non-hydrogen) atoms. The molecule has 64 valence electrons. The predicted molar refractivity (Wildman–Crippen MR) is 57.6 cm³/mol. The van der Waals surface area contributed by atoms with Gasteiger partial charge in [0, 0.05) is 9.13 Å². The molecule has 0 saturated carbocycles. The molecule has 0 bridgehead atoms. The summed E-state index contributed by atoms with van der Waals surface area (Å²) in [5.74, 6) is -0.0895. The van der Waals surface area contributed by atoms with Crippen molar-refractivity contribution in [1.82, 2.24) is 0 Å². The van der Waals surface area contributed by atoms with Gasteiger partial charge in [-0.05, 0) is 34.7 Å². The van der Waals surface area contributed by atoms with Crippen LogP contribution in [-0.2, 0) is 0 Å².